The lowest BCUT2D eigenvalue weighted by molar-refractivity contribution is -0.124. The quantitative estimate of drug-likeness (QED) is 0.853. The van der Waals surface area contributed by atoms with Crippen LogP contribution in [0, 0.1) is 12.7 Å². The number of hydrogen-bond donors (Lipinski definition) is 1. The van der Waals surface area contributed by atoms with Crippen LogP contribution in [0.15, 0.2) is 42.5 Å². The van der Waals surface area contributed by atoms with Gasteiger partial charge >= 0.3 is 5.97 Å². The van der Waals surface area contributed by atoms with Crippen LogP contribution in [-0.2, 0) is 16.1 Å². The minimum Gasteiger partial charge on any atom is -0.452 e. The Morgan fingerprint density at radius 3 is 2.52 bits per heavy atom. The molecule has 2 aromatic carbocycles. The van der Waals surface area contributed by atoms with Gasteiger partial charge in [-0.25, -0.2) is 9.18 Å². The summed E-state index contributed by atoms with van der Waals surface area (Å²) < 4.78 is 18.2. The molecule has 6 heteroatoms. The molecule has 0 aliphatic rings. The molecule has 1 N–H and O–H groups in total. The van der Waals surface area contributed by atoms with Gasteiger partial charge in [-0.05, 0) is 42.3 Å². The van der Waals surface area contributed by atoms with Crippen molar-refractivity contribution in [3.8, 4) is 0 Å². The molecule has 0 fully saturated rings. The Morgan fingerprint density at radius 1 is 1.17 bits per heavy atom. The van der Waals surface area contributed by atoms with Crippen LogP contribution in [0.3, 0.4) is 0 Å². The number of esters is 1. The monoisotopic (exact) mass is 335 g/mol. The topological polar surface area (TPSA) is 55.4 Å². The van der Waals surface area contributed by atoms with Crippen molar-refractivity contribution in [3.05, 3.63) is 70.0 Å². The lowest BCUT2D eigenvalue weighted by Gasteiger charge is -2.07. The molecule has 0 atom stereocenters. The highest BCUT2D eigenvalue weighted by molar-refractivity contribution is 6.30. The second-order valence-corrected chi connectivity index (χ2v) is 5.38. The third-order valence-corrected chi connectivity index (χ3v) is 3.40. The Hall–Kier alpha value is -2.40. The van der Waals surface area contributed by atoms with E-state index >= 15 is 0 Å². The fraction of sp³-hybridized carbons (Fsp3) is 0.176. The number of benzene rings is 2. The number of halogens is 2. The van der Waals surface area contributed by atoms with Crippen LogP contribution in [0.2, 0.25) is 5.02 Å². The van der Waals surface area contributed by atoms with Crippen LogP contribution in [0.4, 0.5) is 4.39 Å². The predicted molar refractivity (Wildman–Crippen MR) is 84.7 cm³/mol. The smallest absolute Gasteiger partial charge is 0.338 e. The zero-order valence-electron chi connectivity index (χ0n) is 12.4. The van der Waals surface area contributed by atoms with Gasteiger partial charge in [0.25, 0.3) is 5.91 Å². The first kappa shape index (κ1) is 17.0. The summed E-state index contributed by atoms with van der Waals surface area (Å²) in [5, 5.41) is 3.22. The number of hydrogen-bond acceptors (Lipinski definition) is 3. The van der Waals surface area contributed by atoms with E-state index in [1.54, 1.807) is 31.2 Å². The van der Waals surface area contributed by atoms with Gasteiger partial charge < -0.3 is 10.1 Å². The van der Waals surface area contributed by atoms with E-state index in [-0.39, 0.29) is 5.56 Å². The van der Waals surface area contributed by atoms with Gasteiger partial charge in [-0.2, -0.15) is 0 Å². The molecule has 4 nitrogen and oxygen atoms in total. The summed E-state index contributed by atoms with van der Waals surface area (Å²) in [7, 11) is 0. The largest absolute Gasteiger partial charge is 0.452 e. The average molecular weight is 336 g/mol. The van der Waals surface area contributed by atoms with Crippen LogP contribution < -0.4 is 5.32 Å². The van der Waals surface area contributed by atoms with Crippen molar-refractivity contribution in [2.24, 2.45) is 0 Å². The fourth-order valence-electron chi connectivity index (χ4n) is 1.79. The summed E-state index contributed by atoms with van der Waals surface area (Å²) >= 11 is 5.77. The molecule has 1 amide bonds. The maximum Gasteiger partial charge on any atom is 0.338 e. The Morgan fingerprint density at radius 2 is 1.87 bits per heavy atom. The molecule has 2 aromatic rings. The van der Waals surface area contributed by atoms with Crippen molar-refractivity contribution >= 4 is 23.5 Å². The molecule has 0 saturated carbocycles. The minimum absolute atomic E-state index is 0.0681. The van der Waals surface area contributed by atoms with Crippen LogP contribution in [0.25, 0.3) is 0 Å². The Labute approximate surface area is 138 Å². The van der Waals surface area contributed by atoms with Crippen molar-refractivity contribution in [2.75, 3.05) is 6.61 Å². The minimum atomic E-state index is -0.745. The van der Waals surface area contributed by atoms with Crippen LogP contribution >= 0.6 is 11.6 Å². The number of carbonyl (C=O) groups is 2. The molecular weight excluding hydrogens is 321 g/mol. The van der Waals surface area contributed by atoms with E-state index in [1.165, 1.54) is 12.1 Å². The maximum absolute atomic E-state index is 13.4. The van der Waals surface area contributed by atoms with Crippen molar-refractivity contribution in [1.29, 1.82) is 0 Å². The van der Waals surface area contributed by atoms with Gasteiger partial charge in [0.05, 0.1) is 5.56 Å². The summed E-state index contributed by atoms with van der Waals surface area (Å²) in [6, 6.07) is 11.0. The molecule has 120 valence electrons. The third kappa shape index (κ3) is 5.07. The highest BCUT2D eigenvalue weighted by atomic mass is 35.5. The molecule has 0 aromatic heterocycles. The molecule has 0 heterocycles. The number of nitrogens with one attached hydrogen (secondary N) is 1. The molecule has 0 spiro atoms. The first-order valence-electron chi connectivity index (χ1n) is 6.90. The molecule has 23 heavy (non-hydrogen) atoms. The third-order valence-electron chi connectivity index (χ3n) is 3.14. The van der Waals surface area contributed by atoms with Crippen molar-refractivity contribution in [3.63, 3.8) is 0 Å². The van der Waals surface area contributed by atoms with Crippen LogP contribution in [0.1, 0.15) is 21.5 Å². The number of carbonyl (C=O) groups excluding carboxylic acids is 2. The van der Waals surface area contributed by atoms with E-state index < -0.39 is 24.3 Å². The number of amides is 1. The second-order valence-electron chi connectivity index (χ2n) is 4.94. The average Bonchev–Trinajstić information content (AvgIpc) is 2.54. The molecule has 0 radical (unpaired) electrons. The first-order valence-corrected chi connectivity index (χ1v) is 7.28. The summed E-state index contributed by atoms with van der Waals surface area (Å²) in [5.74, 6) is -1.68. The van der Waals surface area contributed by atoms with Gasteiger partial charge in [0.1, 0.15) is 5.82 Å². The Bertz CT molecular complexity index is 716. The zero-order chi connectivity index (χ0) is 16.8. The standard InChI is InChI=1S/C17H15ClFNO3/c1-11-2-5-13(8-15(11)19)17(22)23-10-16(21)20-9-12-3-6-14(18)7-4-12/h2-8H,9-10H2,1H3,(H,20,21). The summed E-state index contributed by atoms with van der Waals surface area (Å²) in [6.07, 6.45) is 0. The molecule has 0 aliphatic carbocycles. The SMILES string of the molecule is Cc1ccc(C(=O)OCC(=O)NCc2ccc(Cl)cc2)cc1F. The van der Waals surface area contributed by atoms with Gasteiger partial charge in [0.15, 0.2) is 6.61 Å². The lowest BCUT2D eigenvalue weighted by atomic mass is 10.1. The Kier molecular flexibility index (Phi) is 5.71. The maximum atomic E-state index is 13.4. The predicted octanol–water partition coefficient (Wildman–Crippen LogP) is 3.26. The van der Waals surface area contributed by atoms with Crippen molar-refractivity contribution in [1.82, 2.24) is 5.32 Å². The van der Waals surface area contributed by atoms with Gasteiger partial charge in [-0.15, -0.1) is 0 Å². The van der Waals surface area contributed by atoms with E-state index in [2.05, 4.69) is 5.32 Å². The lowest BCUT2D eigenvalue weighted by Crippen LogP contribution is -2.28. The van der Waals surface area contributed by atoms with Gasteiger partial charge in [0, 0.05) is 11.6 Å². The molecule has 0 bridgehead atoms. The normalized spacial score (nSPS) is 10.2. The molecule has 0 aliphatic heterocycles. The zero-order valence-corrected chi connectivity index (χ0v) is 13.2. The first-order chi connectivity index (χ1) is 11.0. The van der Waals surface area contributed by atoms with E-state index in [0.29, 0.717) is 17.1 Å². The van der Waals surface area contributed by atoms with Crippen molar-refractivity contribution < 1.29 is 18.7 Å². The van der Waals surface area contributed by atoms with Gasteiger partial charge in [-0.1, -0.05) is 29.8 Å². The number of rotatable bonds is 5. The molecule has 2 rings (SSSR count). The molecule has 0 unspecified atom stereocenters. The highest BCUT2D eigenvalue weighted by Crippen LogP contribution is 2.11. The van der Waals surface area contributed by atoms with Crippen LogP contribution in [0.5, 0.6) is 0 Å². The van der Waals surface area contributed by atoms with Gasteiger partial charge in [-0.3, -0.25) is 4.79 Å². The van der Waals surface area contributed by atoms with E-state index in [1.807, 2.05) is 0 Å². The van der Waals surface area contributed by atoms with E-state index in [0.717, 1.165) is 11.6 Å². The molecular formula is C17H15ClFNO3. The van der Waals surface area contributed by atoms with E-state index in [4.69, 9.17) is 16.3 Å². The molecule has 0 saturated heterocycles. The highest BCUT2D eigenvalue weighted by Gasteiger charge is 2.11. The number of aryl methyl sites for hydroxylation is 1. The summed E-state index contributed by atoms with van der Waals surface area (Å²) in [6.45, 7) is 1.46. The van der Waals surface area contributed by atoms with Gasteiger partial charge in [0.2, 0.25) is 0 Å². The van der Waals surface area contributed by atoms with Crippen molar-refractivity contribution in [2.45, 2.75) is 13.5 Å². The summed E-state index contributed by atoms with van der Waals surface area (Å²) in [5.41, 5.74) is 1.37. The number of ether oxygens (including phenoxy) is 1. The van der Waals surface area contributed by atoms with E-state index in [9.17, 15) is 14.0 Å². The summed E-state index contributed by atoms with van der Waals surface area (Å²) in [4.78, 5) is 23.4. The Balaban J connectivity index is 1.80. The fourth-order valence-corrected chi connectivity index (χ4v) is 1.91. The second kappa shape index (κ2) is 7.74. The van der Waals surface area contributed by atoms with Crippen LogP contribution in [-0.4, -0.2) is 18.5 Å².